The van der Waals surface area contributed by atoms with Gasteiger partial charge in [-0.25, -0.2) is 9.07 Å². The third-order valence-electron chi connectivity index (χ3n) is 6.05. The molecule has 37 heavy (non-hydrogen) atoms. The molecule has 2 aromatic heterocycles. The van der Waals surface area contributed by atoms with E-state index in [0.29, 0.717) is 27.8 Å². The monoisotopic (exact) mass is 518 g/mol. The van der Waals surface area contributed by atoms with Gasteiger partial charge in [0.2, 0.25) is 5.91 Å². The summed E-state index contributed by atoms with van der Waals surface area (Å²) in [6.45, 7) is 5.30. The molecule has 8 nitrogen and oxygen atoms in total. The van der Waals surface area contributed by atoms with Gasteiger partial charge in [0.25, 0.3) is 0 Å². The van der Waals surface area contributed by atoms with Crippen molar-refractivity contribution >= 4 is 39.8 Å². The van der Waals surface area contributed by atoms with Crippen molar-refractivity contribution < 1.29 is 10.6 Å². The van der Waals surface area contributed by atoms with Gasteiger partial charge in [-0.3, -0.25) is 9.78 Å². The maximum Gasteiger partial charge on any atom is 0.229 e. The van der Waals surface area contributed by atoms with Gasteiger partial charge in [0.05, 0.1) is 41.4 Å². The Bertz CT molecular complexity index is 1590. The molecule has 4 aromatic rings. The Morgan fingerprint density at radius 3 is 2.68 bits per heavy atom. The highest BCUT2D eigenvalue weighted by atomic mass is 35.5. The van der Waals surface area contributed by atoms with E-state index in [-0.39, 0.29) is 28.2 Å². The smallest absolute Gasteiger partial charge is 0.229 e. The SMILES string of the molecule is [2H][C@](Nc1cc(Cl)c2ncc(C#N)c(NC(=O)C(C)(C)C)c2c1)(c1ccc(F)cc1)c1cn(C2CC2)nn1. The number of aromatic nitrogens is 4. The number of amides is 1. The summed E-state index contributed by atoms with van der Waals surface area (Å²) in [5.74, 6) is -0.713. The quantitative estimate of drug-likeness (QED) is 0.323. The second-order valence-corrected chi connectivity index (χ2v) is 10.4. The number of nitrogens with zero attached hydrogens (tertiary/aromatic N) is 5. The van der Waals surface area contributed by atoms with Crippen LogP contribution in [0.1, 0.15) is 63.9 Å². The van der Waals surface area contributed by atoms with E-state index in [2.05, 4.69) is 32.0 Å². The first-order valence-electron chi connectivity index (χ1n) is 12.3. The Kier molecular flexibility index (Phi) is 5.97. The van der Waals surface area contributed by atoms with Crippen LogP contribution >= 0.6 is 11.6 Å². The van der Waals surface area contributed by atoms with Gasteiger partial charge < -0.3 is 10.6 Å². The number of pyridine rings is 1. The number of rotatable bonds is 6. The van der Waals surface area contributed by atoms with Crippen LogP contribution in [-0.2, 0) is 4.79 Å². The molecule has 0 spiro atoms. The number of hydrogen-bond acceptors (Lipinski definition) is 6. The molecule has 1 amide bonds. The minimum Gasteiger partial charge on any atom is -0.373 e. The van der Waals surface area contributed by atoms with E-state index >= 15 is 0 Å². The van der Waals surface area contributed by atoms with Gasteiger partial charge in [-0.15, -0.1) is 5.10 Å². The van der Waals surface area contributed by atoms with Gasteiger partial charge in [0.1, 0.15) is 17.6 Å². The lowest BCUT2D eigenvalue weighted by molar-refractivity contribution is -0.123. The summed E-state index contributed by atoms with van der Waals surface area (Å²) in [6, 6.07) is 9.54. The molecule has 2 heterocycles. The van der Waals surface area contributed by atoms with Gasteiger partial charge in [0.15, 0.2) is 0 Å². The van der Waals surface area contributed by atoms with Crippen molar-refractivity contribution in [3.63, 3.8) is 0 Å². The summed E-state index contributed by atoms with van der Waals surface area (Å²) in [5.41, 5.74) is 1.28. The number of benzene rings is 2. The fourth-order valence-electron chi connectivity index (χ4n) is 3.81. The molecule has 0 bridgehead atoms. The number of nitrogens with one attached hydrogen (secondary N) is 2. The van der Waals surface area contributed by atoms with Gasteiger partial charge >= 0.3 is 0 Å². The van der Waals surface area contributed by atoms with Crippen LogP contribution in [-0.4, -0.2) is 25.9 Å². The van der Waals surface area contributed by atoms with E-state index in [1.807, 2.05) is 0 Å². The Morgan fingerprint density at radius 1 is 1.30 bits per heavy atom. The zero-order valence-electron chi connectivity index (χ0n) is 21.5. The molecule has 0 radical (unpaired) electrons. The number of anilines is 2. The van der Waals surface area contributed by atoms with Crippen molar-refractivity contribution in [1.82, 2.24) is 20.0 Å². The van der Waals surface area contributed by atoms with E-state index in [1.165, 1.54) is 30.5 Å². The standard InChI is InChI=1S/C27H25ClFN7O/c1-27(2,3)26(37)33-23-16(12-30)13-31-25-20(23)10-18(11-21(25)28)32-24(15-4-6-17(29)7-5-15)22-14-36(35-34-22)19-8-9-19/h4-7,10-11,13-14,19,24,32H,8-9H2,1-3H3,(H,31,33,37)/t24-/m0/s1/i24D. The number of nitriles is 1. The lowest BCUT2D eigenvalue weighted by Gasteiger charge is -2.21. The van der Waals surface area contributed by atoms with Crippen LogP contribution < -0.4 is 10.6 Å². The summed E-state index contributed by atoms with van der Waals surface area (Å²) in [7, 11) is 0. The topological polar surface area (TPSA) is 109 Å². The number of hydrogen-bond donors (Lipinski definition) is 2. The van der Waals surface area contributed by atoms with Crippen LogP contribution in [0.15, 0.2) is 48.8 Å². The highest BCUT2D eigenvalue weighted by Gasteiger charge is 2.28. The molecule has 188 valence electrons. The Morgan fingerprint density at radius 2 is 2.03 bits per heavy atom. The molecule has 5 rings (SSSR count). The zero-order valence-corrected chi connectivity index (χ0v) is 21.3. The first kappa shape index (κ1) is 23.4. The number of halogens is 2. The molecule has 1 aliphatic rings. The fraction of sp³-hybridized carbons (Fsp3) is 0.296. The highest BCUT2D eigenvalue weighted by molar-refractivity contribution is 6.36. The molecule has 1 fully saturated rings. The van der Waals surface area contributed by atoms with Gasteiger partial charge in [0, 0.05) is 22.7 Å². The van der Waals surface area contributed by atoms with Crippen molar-refractivity contribution in [2.45, 2.75) is 45.7 Å². The molecule has 1 atom stereocenters. The van der Waals surface area contributed by atoms with Gasteiger partial charge in [-0.1, -0.05) is 49.7 Å². The first-order valence-corrected chi connectivity index (χ1v) is 12.2. The Labute approximate surface area is 219 Å². The molecule has 0 aliphatic heterocycles. The minimum atomic E-state index is -1.66. The maximum absolute atomic E-state index is 13.8. The summed E-state index contributed by atoms with van der Waals surface area (Å²) in [5, 5.41) is 24.9. The predicted molar refractivity (Wildman–Crippen MR) is 140 cm³/mol. The van der Waals surface area contributed by atoms with Gasteiger partial charge in [-0.2, -0.15) is 5.26 Å². The molecule has 0 unspecified atom stereocenters. The van der Waals surface area contributed by atoms with Crippen LogP contribution in [0.3, 0.4) is 0 Å². The molecule has 1 aliphatic carbocycles. The normalized spacial score (nSPS) is 15.5. The van der Waals surface area contributed by atoms with Gasteiger partial charge in [-0.05, 0) is 42.7 Å². The highest BCUT2D eigenvalue weighted by Crippen LogP contribution is 2.37. The molecular weight excluding hydrogens is 493 g/mol. The van der Waals surface area contributed by atoms with Crippen molar-refractivity contribution in [1.29, 1.82) is 5.26 Å². The number of fused-ring (bicyclic) bond motifs is 1. The van der Waals surface area contributed by atoms with Crippen LogP contribution in [0.2, 0.25) is 5.02 Å². The average molecular weight is 519 g/mol. The van der Waals surface area contributed by atoms with Crippen LogP contribution in [0.4, 0.5) is 15.8 Å². The van der Waals surface area contributed by atoms with E-state index in [9.17, 15) is 15.8 Å². The van der Waals surface area contributed by atoms with Crippen molar-refractivity contribution in [3.8, 4) is 6.07 Å². The largest absolute Gasteiger partial charge is 0.373 e. The maximum atomic E-state index is 13.8. The molecule has 1 saturated carbocycles. The molecule has 10 heteroatoms. The lowest BCUT2D eigenvalue weighted by Crippen LogP contribution is -2.28. The molecule has 2 N–H and O–H groups in total. The average Bonchev–Trinajstić information content (AvgIpc) is 3.59. The number of carbonyl (C=O) groups excluding carboxylic acids is 1. The summed E-state index contributed by atoms with van der Waals surface area (Å²) < 4.78 is 25.0. The van der Waals surface area contributed by atoms with Crippen LogP contribution in [0.5, 0.6) is 0 Å². The van der Waals surface area contributed by atoms with E-state index < -0.39 is 17.3 Å². The second-order valence-electron chi connectivity index (χ2n) is 10.0. The third-order valence-corrected chi connectivity index (χ3v) is 6.34. The summed E-state index contributed by atoms with van der Waals surface area (Å²) in [6.07, 6.45) is 5.07. The predicted octanol–water partition coefficient (Wildman–Crippen LogP) is 6.01. The van der Waals surface area contributed by atoms with E-state index in [4.69, 9.17) is 11.6 Å². The minimum absolute atomic E-state index is 0.173. The molecule has 0 saturated heterocycles. The Hall–Kier alpha value is -4.03. The van der Waals surface area contributed by atoms with E-state index in [0.717, 1.165) is 12.8 Å². The molecule has 2 aromatic carbocycles. The molecular formula is C27H25ClFN7O. The zero-order chi connectivity index (χ0) is 27.2. The summed E-state index contributed by atoms with van der Waals surface area (Å²) >= 11 is 6.61. The fourth-order valence-corrected chi connectivity index (χ4v) is 4.07. The Balaban J connectivity index is 1.64. The number of carbonyl (C=O) groups is 1. The van der Waals surface area contributed by atoms with Crippen molar-refractivity contribution in [2.75, 3.05) is 10.6 Å². The second kappa shape index (κ2) is 9.45. The first-order chi connectivity index (χ1) is 18.0. The van der Waals surface area contributed by atoms with Crippen molar-refractivity contribution in [3.05, 3.63) is 76.5 Å². The summed E-state index contributed by atoms with van der Waals surface area (Å²) in [4.78, 5) is 17.2. The lowest BCUT2D eigenvalue weighted by atomic mass is 9.95. The van der Waals surface area contributed by atoms with Crippen LogP contribution in [0, 0.1) is 22.6 Å². The third kappa shape index (κ3) is 5.11. The van der Waals surface area contributed by atoms with Crippen LogP contribution in [0.25, 0.3) is 10.9 Å². The van der Waals surface area contributed by atoms with Crippen molar-refractivity contribution in [2.24, 2.45) is 5.41 Å². The van der Waals surface area contributed by atoms with E-state index in [1.54, 1.807) is 43.8 Å².